The summed E-state index contributed by atoms with van der Waals surface area (Å²) in [5.41, 5.74) is 7.27. The molecule has 1 aromatic rings. The van der Waals surface area contributed by atoms with Crippen LogP contribution in [-0.2, 0) is 0 Å². The Balaban J connectivity index is 2.23. The molecule has 1 unspecified atom stereocenters. The summed E-state index contributed by atoms with van der Waals surface area (Å²) in [4.78, 5) is 2.55. The zero-order valence-electron chi connectivity index (χ0n) is 11.4. The topological polar surface area (TPSA) is 29.3 Å². The lowest BCUT2D eigenvalue weighted by Gasteiger charge is -2.35. The van der Waals surface area contributed by atoms with Crippen LogP contribution in [-0.4, -0.2) is 24.0 Å². The van der Waals surface area contributed by atoms with Crippen molar-refractivity contribution >= 4 is 27.5 Å². The van der Waals surface area contributed by atoms with E-state index in [-0.39, 0.29) is 6.04 Å². The van der Waals surface area contributed by atoms with Crippen molar-refractivity contribution < 1.29 is 0 Å². The Morgan fingerprint density at radius 2 is 2.11 bits per heavy atom. The van der Waals surface area contributed by atoms with E-state index >= 15 is 0 Å². The van der Waals surface area contributed by atoms with Crippen LogP contribution in [0.2, 0.25) is 5.02 Å². The molecular weight excluding hydrogens is 324 g/mol. The molecule has 2 nitrogen and oxygen atoms in total. The molecular formula is C15H22BrClN2. The second kappa shape index (κ2) is 7.07. The Kier molecular flexibility index (Phi) is 5.70. The Labute approximate surface area is 129 Å². The fraction of sp³-hybridized carbons (Fsp3) is 0.600. The maximum atomic E-state index is 6.22. The van der Waals surface area contributed by atoms with Gasteiger partial charge in [0.15, 0.2) is 0 Å². The van der Waals surface area contributed by atoms with Crippen LogP contribution in [0.15, 0.2) is 22.7 Å². The Hall–Kier alpha value is -0.0900. The van der Waals surface area contributed by atoms with Gasteiger partial charge in [0.25, 0.3) is 0 Å². The molecule has 1 aromatic carbocycles. The van der Waals surface area contributed by atoms with Gasteiger partial charge in [0.05, 0.1) is 5.02 Å². The van der Waals surface area contributed by atoms with Gasteiger partial charge in [-0.3, -0.25) is 4.90 Å². The maximum Gasteiger partial charge on any atom is 0.0551 e. The van der Waals surface area contributed by atoms with Crippen molar-refractivity contribution in [1.29, 1.82) is 0 Å². The summed E-state index contributed by atoms with van der Waals surface area (Å²) in [6.45, 7) is 3.91. The molecule has 2 rings (SSSR count). The predicted octanol–water partition coefficient (Wildman–Crippen LogP) is 4.37. The molecule has 0 heterocycles. The van der Waals surface area contributed by atoms with E-state index < -0.39 is 0 Å². The van der Waals surface area contributed by atoms with Crippen LogP contribution in [0, 0.1) is 0 Å². The Bertz CT molecular complexity index is 419. The molecule has 0 radical (unpaired) electrons. The number of rotatable bonds is 5. The minimum atomic E-state index is 0.277. The lowest BCUT2D eigenvalue weighted by Crippen LogP contribution is -2.40. The van der Waals surface area contributed by atoms with Gasteiger partial charge in [-0.05, 0) is 53.0 Å². The lowest BCUT2D eigenvalue weighted by molar-refractivity contribution is 0.147. The van der Waals surface area contributed by atoms with Crippen LogP contribution in [0.25, 0.3) is 0 Å². The number of likely N-dealkylation sites (N-methyl/N-ethyl adjacent to an activating group) is 1. The molecule has 1 saturated carbocycles. The fourth-order valence-electron chi connectivity index (χ4n) is 3.15. The quantitative estimate of drug-likeness (QED) is 0.858. The minimum Gasteiger partial charge on any atom is -0.329 e. The van der Waals surface area contributed by atoms with E-state index in [2.05, 4.69) is 33.8 Å². The molecule has 0 amide bonds. The Morgan fingerprint density at radius 1 is 1.42 bits per heavy atom. The number of hydrogen-bond acceptors (Lipinski definition) is 2. The van der Waals surface area contributed by atoms with E-state index in [0.29, 0.717) is 12.6 Å². The van der Waals surface area contributed by atoms with Crippen molar-refractivity contribution in [3.05, 3.63) is 33.3 Å². The smallest absolute Gasteiger partial charge is 0.0551 e. The number of nitrogens with two attached hydrogens (primary N) is 1. The number of halogens is 2. The molecule has 19 heavy (non-hydrogen) atoms. The SMILES string of the molecule is CCN(C1CCCC1)C(CN)c1ccc(Br)c(Cl)c1. The van der Waals surface area contributed by atoms with E-state index in [1.807, 2.05) is 12.1 Å². The largest absolute Gasteiger partial charge is 0.329 e. The standard InChI is InChI=1S/C15H22BrClN2/c1-2-19(12-5-3-4-6-12)15(10-18)11-7-8-13(16)14(17)9-11/h7-9,12,15H,2-6,10,18H2,1H3. The second-order valence-electron chi connectivity index (χ2n) is 5.19. The van der Waals surface area contributed by atoms with Gasteiger partial charge in [-0.1, -0.05) is 37.4 Å². The van der Waals surface area contributed by atoms with Crippen molar-refractivity contribution in [2.75, 3.05) is 13.1 Å². The number of nitrogens with zero attached hydrogens (tertiary/aromatic N) is 1. The van der Waals surface area contributed by atoms with Gasteiger partial charge in [0.1, 0.15) is 0 Å². The average molecular weight is 346 g/mol. The minimum absolute atomic E-state index is 0.277. The molecule has 0 aliphatic heterocycles. The van der Waals surface area contributed by atoms with E-state index in [1.54, 1.807) is 0 Å². The van der Waals surface area contributed by atoms with Crippen LogP contribution >= 0.6 is 27.5 Å². The monoisotopic (exact) mass is 344 g/mol. The molecule has 1 aliphatic rings. The molecule has 2 N–H and O–H groups in total. The molecule has 0 spiro atoms. The second-order valence-corrected chi connectivity index (χ2v) is 6.46. The van der Waals surface area contributed by atoms with Crippen LogP contribution < -0.4 is 5.73 Å². The molecule has 4 heteroatoms. The van der Waals surface area contributed by atoms with Crippen molar-refractivity contribution in [2.24, 2.45) is 5.73 Å². The van der Waals surface area contributed by atoms with Crippen LogP contribution in [0.1, 0.15) is 44.2 Å². The van der Waals surface area contributed by atoms with Gasteiger partial charge >= 0.3 is 0 Å². The predicted molar refractivity (Wildman–Crippen MR) is 85.6 cm³/mol. The number of benzene rings is 1. The molecule has 1 aliphatic carbocycles. The van der Waals surface area contributed by atoms with Crippen LogP contribution in [0.4, 0.5) is 0 Å². The third-order valence-electron chi connectivity index (χ3n) is 4.11. The van der Waals surface area contributed by atoms with Crippen LogP contribution in [0.3, 0.4) is 0 Å². The third kappa shape index (κ3) is 3.52. The third-order valence-corrected chi connectivity index (χ3v) is 5.34. The summed E-state index contributed by atoms with van der Waals surface area (Å²) in [6.07, 6.45) is 5.29. The Morgan fingerprint density at radius 3 is 2.63 bits per heavy atom. The van der Waals surface area contributed by atoms with Gasteiger partial charge in [0.2, 0.25) is 0 Å². The normalized spacial score (nSPS) is 18.2. The first-order chi connectivity index (χ1) is 9.17. The summed E-state index contributed by atoms with van der Waals surface area (Å²) < 4.78 is 0.942. The lowest BCUT2D eigenvalue weighted by atomic mass is 10.0. The molecule has 0 saturated heterocycles. The van der Waals surface area contributed by atoms with Crippen LogP contribution in [0.5, 0.6) is 0 Å². The fourth-order valence-corrected chi connectivity index (χ4v) is 3.59. The summed E-state index contributed by atoms with van der Waals surface area (Å²) in [6, 6.07) is 7.15. The van der Waals surface area contributed by atoms with Crippen molar-refractivity contribution in [2.45, 2.75) is 44.7 Å². The first-order valence-corrected chi connectivity index (χ1v) is 8.25. The van der Waals surface area contributed by atoms with E-state index in [0.717, 1.165) is 16.0 Å². The van der Waals surface area contributed by atoms with Gasteiger partial charge in [-0.25, -0.2) is 0 Å². The summed E-state index contributed by atoms with van der Waals surface area (Å²) in [5.74, 6) is 0. The van der Waals surface area contributed by atoms with E-state index in [9.17, 15) is 0 Å². The van der Waals surface area contributed by atoms with Gasteiger partial charge in [-0.15, -0.1) is 0 Å². The average Bonchev–Trinajstić information content (AvgIpc) is 2.93. The van der Waals surface area contributed by atoms with Crippen molar-refractivity contribution in [3.8, 4) is 0 Å². The highest BCUT2D eigenvalue weighted by Gasteiger charge is 2.27. The summed E-state index contributed by atoms with van der Waals surface area (Å²) in [7, 11) is 0. The maximum absolute atomic E-state index is 6.22. The highest BCUT2D eigenvalue weighted by Crippen LogP contribution is 2.33. The van der Waals surface area contributed by atoms with Gasteiger partial charge in [-0.2, -0.15) is 0 Å². The summed E-state index contributed by atoms with van der Waals surface area (Å²) in [5, 5.41) is 0.762. The highest BCUT2D eigenvalue weighted by atomic mass is 79.9. The number of hydrogen-bond donors (Lipinski definition) is 1. The molecule has 0 aromatic heterocycles. The van der Waals surface area contributed by atoms with Gasteiger partial charge < -0.3 is 5.73 Å². The van der Waals surface area contributed by atoms with E-state index in [1.165, 1.54) is 31.2 Å². The molecule has 1 atom stereocenters. The first kappa shape index (κ1) is 15.3. The van der Waals surface area contributed by atoms with Gasteiger partial charge in [0, 0.05) is 23.1 Å². The first-order valence-electron chi connectivity index (χ1n) is 7.08. The molecule has 1 fully saturated rings. The zero-order valence-corrected chi connectivity index (χ0v) is 13.8. The zero-order chi connectivity index (χ0) is 13.8. The molecule has 0 bridgehead atoms. The summed E-state index contributed by atoms with van der Waals surface area (Å²) >= 11 is 9.66. The van der Waals surface area contributed by atoms with Crippen molar-refractivity contribution in [1.82, 2.24) is 4.90 Å². The van der Waals surface area contributed by atoms with Crippen molar-refractivity contribution in [3.63, 3.8) is 0 Å². The molecule has 106 valence electrons. The highest BCUT2D eigenvalue weighted by molar-refractivity contribution is 9.10. The van der Waals surface area contributed by atoms with E-state index in [4.69, 9.17) is 17.3 Å².